The Morgan fingerprint density at radius 1 is 0.872 bits per heavy atom. The van der Waals surface area contributed by atoms with E-state index in [4.69, 9.17) is 4.74 Å². The minimum Gasteiger partial charge on any atom is -0.480 e. The lowest BCUT2D eigenvalue weighted by Gasteiger charge is -2.25. The first kappa shape index (κ1) is 27.9. The Bertz CT molecular complexity index is 1250. The number of carbonyl (C=O) groups excluding carboxylic acids is 2. The number of alkyl carbamates (subject to hydrolysis) is 1. The number of hydrogen-bond donors (Lipinski definition) is 2. The van der Waals surface area contributed by atoms with Gasteiger partial charge in [-0.2, -0.15) is 0 Å². The molecule has 2 atom stereocenters. The Morgan fingerprint density at radius 3 is 2.08 bits per heavy atom. The Balaban J connectivity index is 1.22. The highest BCUT2D eigenvalue weighted by atomic mass is 16.5. The number of rotatable bonds is 12. The number of nitrogens with one attached hydrogen (secondary N) is 1. The largest absolute Gasteiger partial charge is 0.480 e. The molecule has 0 aliphatic heterocycles. The first-order valence-corrected chi connectivity index (χ1v) is 13.5. The smallest absolute Gasteiger partial charge is 0.407 e. The highest BCUT2D eigenvalue weighted by Gasteiger charge is 2.29. The third-order valence-corrected chi connectivity index (χ3v) is 7.26. The summed E-state index contributed by atoms with van der Waals surface area (Å²) in [6.45, 7) is 3.93. The highest BCUT2D eigenvalue weighted by Crippen LogP contribution is 2.44. The van der Waals surface area contributed by atoms with Gasteiger partial charge in [0, 0.05) is 24.4 Å². The Hall–Kier alpha value is -4.13. The van der Waals surface area contributed by atoms with E-state index in [2.05, 4.69) is 29.6 Å². The van der Waals surface area contributed by atoms with Crippen LogP contribution in [-0.4, -0.2) is 47.2 Å². The minimum atomic E-state index is -1.03. The number of carboxylic acids is 1. The first-order valence-electron chi connectivity index (χ1n) is 13.5. The van der Waals surface area contributed by atoms with Crippen LogP contribution in [0.5, 0.6) is 0 Å². The van der Waals surface area contributed by atoms with Gasteiger partial charge in [-0.1, -0.05) is 92.2 Å². The predicted octanol–water partition coefficient (Wildman–Crippen LogP) is 5.83. The van der Waals surface area contributed by atoms with Crippen LogP contribution in [0.2, 0.25) is 0 Å². The number of fused-ring (bicyclic) bond motifs is 3. The molecule has 0 radical (unpaired) electrons. The normalized spacial score (nSPS) is 13.6. The van der Waals surface area contributed by atoms with E-state index < -0.39 is 12.1 Å². The van der Waals surface area contributed by atoms with Crippen molar-refractivity contribution in [1.29, 1.82) is 0 Å². The molecule has 0 bridgehead atoms. The summed E-state index contributed by atoms with van der Waals surface area (Å²) in [7, 11) is 0. The molecule has 3 aromatic rings. The van der Waals surface area contributed by atoms with E-state index >= 15 is 0 Å². The molecule has 0 fully saturated rings. The van der Waals surface area contributed by atoms with Crippen molar-refractivity contribution >= 4 is 18.0 Å². The summed E-state index contributed by atoms with van der Waals surface area (Å²) in [6.07, 6.45) is 1.54. The molecule has 7 heteroatoms. The molecule has 7 nitrogen and oxygen atoms in total. The van der Waals surface area contributed by atoms with Crippen LogP contribution >= 0.6 is 0 Å². The van der Waals surface area contributed by atoms with Crippen molar-refractivity contribution in [2.24, 2.45) is 5.92 Å². The summed E-state index contributed by atoms with van der Waals surface area (Å²) in [5.41, 5.74) is 5.60. The van der Waals surface area contributed by atoms with Crippen molar-refractivity contribution in [2.45, 2.75) is 51.6 Å². The van der Waals surface area contributed by atoms with Crippen LogP contribution in [0, 0.1) is 5.92 Å². The van der Waals surface area contributed by atoms with Gasteiger partial charge in [-0.25, -0.2) is 4.79 Å². The Morgan fingerprint density at radius 2 is 1.46 bits per heavy atom. The summed E-state index contributed by atoms with van der Waals surface area (Å²) in [4.78, 5) is 38.3. The van der Waals surface area contributed by atoms with Gasteiger partial charge in [-0.3, -0.25) is 9.59 Å². The molecule has 2 N–H and O–H groups in total. The number of amides is 2. The molecule has 3 aromatic carbocycles. The molecule has 39 heavy (non-hydrogen) atoms. The van der Waals surface area contributed by atoms with Gasteiger partial charge >= 0.3 is 12.1 Å². The first-order chi connectivity index (χ1) is 18.8. The van der Waals surface area contributed by atoms with Crippen LogP contribution in [0.4, 0.5) is 4.79 Å². The second-order valence-electron chi connectivity index (χ2n) is 10.3. The SMILES string of the molecule is CC(CCCC(C)C(=O)N(CC(=O)O)Cc1ccccc1)NC(=O)OCC1c2ccccc2-c2ccccc21. The van der Waals surface area contributed by atoms with Crippen LogP contribution < -0.4 is 5.32 Å². The number of carboxylic acid groups (broad SMARTS) is 1. The molecule has 0 heterocycles. The van der Waals surface area contributed by atoms with E-state index in [1.165, 1.54) is 27.2 Å². The zero-order valence-corrected chi connectivity index (χ0v) is 22.5. The molecule has 0 saturated heterocycles. The molecular formula is C32H36N2O5. The highest BCUT2D eigenvalue weighted by molar-refractivity contribution is 5.83. The van der Waals surface area contributed by atoms with Gasteiger partial charge in [-0.05, 0) is 47.6 Å². The van der Waals surface area contributed by atoms with Crippen molar-refractivity contribution in [3.63, 3.8) is 0 Å². The maximum Gasteiger partial charge on any atom is 0.407 e. The number of carbonyl (C=O) groups is 3. The molecule has 0 aromatic heterocycles. The summed E-state index contributed by atoms with van der Waals surface area (Å²) in [5.74, 6) is -1.53. The minimum absolute atomic E-state index is 0.00922. The van der Waals surface area contributed by atoms with Crippen LogP contribution in [0.1, 0.15) is 55.7 Å². The molecular weight excluding hydrogens is 492 g/mol. The lowest BCUT2D eigenvalue weighted by atomic mass is 9.98. The van der Waals surface area contributed by atoms with E-state index in [1.807, 2.05) is 68.4 Å². The molecule has 2 unspecified atom stereocenters. The van der Waals surface area contributed by atoms with Gasteiger partial charge in [-0.15, -0.1) is 0 Å². The number of ether oxygens (including phenoxy) is 1. The van der Waals surface area contributed by atoms with Crippen LogP contribution in [0.3, 0.4) is 0 Å². The maximum atomic E-state index is 13.0. The van der Waals surface area contributed by atoms with Gasteiger partial charge in [0.15, 0.2) is 0 Å². The topological polar surface area (TPSA) is 95.9 Å². The number of aliphatic carboxylic acids is 1. The number of benzene rings is 3. The molecule has 4 rings (SSSR count). The lowest BCUT2D eigenvalue weighted by molar-refractivity contribution is -0.146. The summed E-state index contributed by atoms with van der Waals surface area (Å²) >= 11 is 0. The zero-order valence-electron chi connectivity index (χ0n) is 22.5. The second-order valence-corrected chi connectivity index (χ2v) is 10.3. The fourth-order valence-corrected chi connectivity index (χ4v) is 5.26. The van der Waals surface area contributed by atoms with Crippen molar-refractivity contribution in [1.82, 2.24) is 10.2 Å². The molecule has 0 saturated carbocycles. The van der Waals surface area contributed by atoms with Gasteiger partial charge in [0.2, 0.25) is 5.91 Å². The van der Waals surface area contributed by atoms with E-state index in [-0.39, 0.29) is 43.5 Å². The third-order valence-electron chi connectivity index (χ3n) is 7.26. The number of nitrogens with zero attached hydrogens (tertiary/aromatic N) is 1. The maximum absolute atomic E-state index is 13.0. The molecule has 0 spiro atoms. The van der Waals surface area contributed by atoms with Gasteiger partial charge in [0.25, 0.3) is 0 Å². The average Bonchev–Trinajstić information content (AvgIpc) is 3.25. The van der Waals surface area contributed by atoms with Crippen molar-refractivity contribution < 1.29 is 24.2 Å². The molecule has 204 valence electrons. The average molecular weight is 529 g/mol. The van der Waals surface area contributed by atoms with Crippen molar-refractivity contribution in [3.8, 4) is 11.1 Å². The second kappa shape index (κ2) is 13.1. The Kier molecular flexibility index (Phi) is 9.36. The van der Waals surface area contributed by atoms with Gasteiger partial charge in [0.1, 0.15) is 13.2 Å². The van der Waals surface area contributed by atoms with Crippen LogP contribution in [-0.2, 0) is 20.9 Å². The monoisotopic (exact) mass is 528 g/mol. The Labute approximate surface area is 229 Å². The van der Waals surface area contributed by atoms with E-state index in [0.717, 1.165) is 5.56 Å². The summed E-state index contributed by atoms with van der Waals surface area (Å²) < 4.78 is 5.63. The third kappa shape index (κ3) is 7.25. The van der Waals surface area contributed by atoms with Crippen molar-refractivity contribution in [2.75, 3.05) is 13.2 Å². The van der Waals surface area contributed by atoms with Crippen LogP contribution in [0.25, 0.3) is 11.1 Å². The molecule has 1 aliphatic rings. The summed E-state index contributed by atoms with van der Waals surface area (Å²) in [6, 6.07) is 25.7. The lowest BCUT2D eigenvalue weighted by Crippen LogP contribution is -2.38. The quantitative estimate of drug-likeness (QED) is 0.308. The standard InChI is InChI=1S/C32H36N2O5/c1-22(31(37)34(20-30(35)36)19-24-13-4-3-5-14-24)11-10-12-23(2)33-32(38)39-21-29-27-17-8-6-15-25(27)26-16-7-9-18-28(26)29/h3-9,13-18,22-23,29H,10-12,19-21H2,1-2H3,(H,33,38)(H,35,36). The molecule has 1 aliphatic carbocycles. The van der Waals surface area contributed by atoms with E-state index in [1.54, 1.807) is 0 Å². The van der Waals surface area contributed by atoms with E-state index in [0.29, 0.717) is 19.3 Å². The van der Waals surface area contributed by atoms with Gasteiger partial charge < -0.3 is 20.1 Å². The molecule has 2 amide bonds. The zero-order chi connectivity index (χ0) is 27.8. The predicted molar refractivity (Wildman–Crippen MR) is 150 cm³/mol. The fraction of sp³-hybridized carbons (Fsp3) is 0.344. The fourth-order valence-electron chi connectivity index (χ4n) is 5.26. The van der Waals surface area contributed by atoms with Gasteiger partial charge in [0.05, 0.1) is 0 Å². The van der Waals surface area contributed by atoms with Crippen LogP contribution in [0.15, 0.2) is 78.9 Å². The van der Waals surface area contributed by atoms with Crippen molar-refractivity contribution in [3.05, 3.63) is 95.6 Å². The van der Waals surface area contributed by atoms with E-state index in [9.17, 15) is 19.5 Å². The number of hydrogen-bond acceptors (Lipinski definition) is 4. The summed E-state index contributed by atoms with van der Waals surface area (Å²) in [5, 5.41) is 12.2.